The summed E-state index contributed by atoms with van der Waals surface area (Å²) < 4.78 is 1.80. The van der Waals surface area contributed by atoms with Crippen molar-refractivity contribution in [2.24, 2.45) is 13.0 Å². The first kappa shape index (κ1) is 18.2. The summed E-state index contributed by atoms with van der Waals surface area (Å²) in [5.74, 6) is 1.53. The summed E-state index contributed by atoms with van der Waals surface area (Å²) in [4.78, 5) is 31.4. The van der Waals surface area contributed by atoms with E-state index in [0.717, 1.165) is 0 Å². The van der Waals surface area contributed by atoms with Gasteiger partial charge in [0.15, 0.2) is 5.82 Å². The van der Waals surface area contributed by atoms with E-state index in [4.69, 9.17) is 0 Å². The molecule has 0 spiro atoms. The molecule has 1 fully saturated rings. The molecule has 8 heteroatoms. The molecule has 1 saturated heterocycles. The van der Waals surface area contributed by atoms with Gasteiger partial charge in [-0.05, 0) is 31.4 Å². The molecular weight excluding hydrogens is 332 g/mol. The Morgan fingerprint density at radius 3 is 2.77 bits per heavy atom. The van der Waals surface area contributed by atoms with Gasteiger partial charge in [0.2, 0.25) is 5.91 Å². The van der Waals surface area contributed by atoms with Crippen LogP contribution >= 0.6 is 0 Å². The average Bonchev–Trinajstić information content (AvgIpc) is 3.25. The number of carbonyl (C=O) groups excluding carboxylic acids is 2. The molecule has 0 radical (unpaired) electrons. The lowest BCUT2D eigenvalue weighted by atomic mass is 10.1. The minimum absolute atomic E-state index is 0.0167. The van der Waals surface area contributed by atoms with E-state index >= 15 is 0 Å². The highest BCUT2D eigenvalue weighted by Gasteiger charge is 2.39. The molecule has 2 N–H and O–H groups in total. The molecule has 0 unspecified atom stereocenters. The number of likely N-dealkylation sites (tertiary alicyclic amines) is 1. The summed E-state index contributed by atoms with van der Waals surface area (Å²) >= 11 is 0. The van der Waals surface area contributed by atoms with Gasteiger partial charge in [-0.1, -0.05) is 13.8 Å². The second kappa shape index (κ2) is 7.31. The van der Waals surface area contributed by atoms with Crippen molar-refractivity contribution in [3.8, 4) is 0 Å². The minimum Gasteiger partial charge on any atom is -0.351 e. The molecule has 0 aromatic carbocycles. The largest absolute Gasteiger partial charge is 0.351 e. The minimum atomic E-state index is -0.258. The van der Waals surface area contributed by atoms with Crippen molar-refractivity contribution < 1.29 is 9.59 Å². The van der Waals surface area contributed by atoms with Crippen molar-refractivity contribution in [1.29, 1.82) is 0 Å². The van der Waals surface area contributed by atoms with Crippen LogP contribution in [0.25, 0.3) is 0 Å². The number of aromatic nitrogens is 4. The summed E-state index contributed by atoms with van der Waals surface area (Å²) in [5, 5.41) is 10.1. The lowest BCUT2D eigenvalue weighted by Gasteiger charge is -2.22. The standard InChI is InChI=1S/C18H26N6O2/c1-11(2)8-16(25)20-13-9-15(17-19-12(3)21-22-17)24(10-13)18(26)14-6-5-7-23(14)4/h5-7,11,13,15H,8-10H2,1-4H3,(H,20,25)(H,19,21,22)/t13-,15-/m0/s1. The second-order valence-electron chi connectivity index (χ2n) is 7.35. The lowest BCUT2D eigenvalue weighted by Crippen LogP contribution is -2.39. The number of carbonyl (C=O) groups is 2. The summed E-state index contributed by atoms with van der Waals surface area (Å²) in [7, 11) is 1.84. The third-order valence-electron chi connectivity index (χ3n) is 4.60. The van der Waals surface area contributed by atoms with Gasteiger partial charge in [0.05, 0.1) is 6.04 Å². The van der Waals surface area contributed by atoms with Gasteiger partial charge in [0.25, 0.3) is 5.91 Å². The van der Waals surface area contributed by atoms with Gasteiger partial charge >= 0.3 is 0 Å². The van der Waals surface area contributed by atoms with Crippen LogP contribution in [-0.2, 0) is 11.8 Å². The summed E-state index contributed by atoms with van der Waals surface area (Å²) in [6.07, 6.45) is 2.93. The van der Waals surface area contributed by atoms with E-state index in [1.54, 1.807) is 15.5 Å². The van der Waals surface area contributed by atoms with E-state index in [2.05, 4.69) is 20.5 Å². The second-order valence-corrected chi connectivity index (χ2v) is 7.35. The topological polar surface area (TPSA) is 95.9 Å². The van der Waals surface area contributed by atoms with Crippen LogP contribution in [0.4, 0.5) is 0 Å². The number of hydrogen-bond donors (Lipinski definition) is 2. The number of aromatic amines is 1. The molecule has 2 atom stereocenters. The predicted molar refractivity (Wildman–Crippen MR) is 96.3 cm³/mol. The fourth-order valence-electron chi connectivity index (χ4n) is 3.41. The van der Waals surface area contributed by atoms with Crippen molar-refractivity contribution in [3.63, 3.8) is 0 Å². The Bertz CT molecular complexity index is 793. The Balaban J connectivity index is 1.81. The summed E-state index contributed by atoms with van der Waals surface area (Å²) in [5.41, 5.74) is 0.608. The number of amides is 2. The van der Waals surface area contributed by atoms with Gasteiger partial charge in [-0.15, -0.1) is 0 Å². The first-order valence-electron chi connectivity index (χ1n) is 8.95. The Morgan fingerprint density at radius 1 is 1.42 bits per heavy atom. The van der Waals surface area contributed by atoms with Crippen LogP contribution in [0, 0.1) is 12.8 Å². The molecule has 2 aromatic heterocycles. The molecule has 0 aliphatic carbocycles. The maximum atomic E-state index is 13.1. The Labute approximate surface area is 153 Å². The number of nitrogens with zero attached hydrogens (tertiary/aromatic N) is 4. The van der Waals surface area contributed by atoms with Gasteiger partial charge in [-0.2, -0.15) is 5.10 Å². The highest BCUT2D eigenvalue weighted by molar-refractivity contribution is 5.93. The number of nitrogens with one attached hydrogen (secondary N) is 2. The molecule has 0 saturated carbocycles. The highest BCUT2D eigenvalue weighted by atomic mass is 16.2. The Kier molecular flexibility index (Phi) is 5.11. The van der Waals surface area contributed by atoms with Crippen molar-refractivity contribution >= 4 is 11.8 Å². The van der Waals surface area contributed by atoms with Crippen molar-refractivity contribution in [2.75, 3.05) is 6.54 Å². The maximum Gasteiger partial charge on any atom is 0.271 e. The third-order valence-corrected chi connectivity index (χ3v) is 4.60. The number of aryl methyl sites for hydroxylation is 2. The van der Waals surface area contributed by atoms with Crippen LogP contribution in [0.15, 0.2) is 18.3 Å². The smallest absolute Gasteiger partial charge is 0.271 e. The van der Waals surface area contributed by atoms with E-state index in [1.165, 1.54) is 0 Å². The molecule has 3 heterocycles. The fraction of sp³-hybridized carbons (Fsp3) is 0.556. The zero-order valence-electron chi connectivity index (χ0n) is 15.7. The number of H-pyrrole nitrogens is 1. The third kappa shape index (κ3) is 3.79. The monoisotopic (exact) mass is 358 g/mol. The number of hydrogen-bond acceptors (Lipinski definition) is 4. The molecule has 26 heavy (non-hydrogen) atoms. The molecule has 8 nitrogen and oxygen atoms in total. The normalized spacial score (nSPS) is 20.0. The zero-order valence-corrected chi connectivity index (χ0v) is 15.7. The molecule has 140 valence electrons. The van der Waals surface area contributed by atoms with Crippen molar-refractivity contribution in [1.82, 2.24) is 30.0 Å². The maximum absolute atomic E-state index is 13.1. The van der Waals surface area contributed by atoms with Crippen molar-refractivity contribution in [2.45, 2.75) is 45.7 Å². The van der Waals surface area contributed by atoms with Crippen LogP contribution < -0.4 is 5.32 Å². The molecule has 1 aliphatic rings. The van der Waals surface area contributed by atoms with Crippen molar-refractivity contribution in [3.05, 3.63) is 35.7 Å². The van der Waals surface area contributed by atoms with Crippen LogP contribution in [0.1, 0.15) is 54.9 Å². The average molecular weight is 358 g/mol. The van der Waals surface area contributed by atoms with Gasteiger partial charge in [0, 0.05) is 32.3 Å². The first-order valence-corrected chi connectivity index (χ1v) is 8.95. The molecule has 3 rings (SSSR count). The quantitative estimate of drug-likeness (QED) is 0.848. The van der Waals surface area contributed by atoms with Gasteiger partial charge < -0.3 is 14.8 Å². The van der Waals surface area contributed by atoms with Crippen LogP contribution in [0.2, 0.25) is 0 Å². The van der Waals surface area contributed by atoms with Gasteiger partial charge in [-0.3, -0.25) is 14.7 Å². The molecule has 2 aromatic rings. The summed E-state index contributed by atoms with van der Waals surface area (Å²) in [6.45, 7) is 6.31. The Morgan fingerprint density at radius 2 is 2.19 bits per heavy atom. The predicted octanol–water partition coefficient (Wildman–Crippen LogP) is 1.57. The first-order chi connectivity index (χ1) is 12.3. The van der Waals surface area contributed by atoms with Crippen LogP contribution in [-0.4, -0.2) is 49.0 Å². The van der Waals surface area contributed by atoms with Gasteiger partial charge in [-0.25, -0.2) is 4.98 Å². The molecule has 2 amide bonds. The van der Waals surface area contributed by atoms with E-state index in [-0.39, 0.29) is 23.9 Å². The highest BCUT2D eigenvalue weighted by Crippen LogP contribution is 2.31. The number of rotatable bonds is 5. The van der Waals surface area contributed by atoms with E-state index in [0.29, 0.717) is 42.6 Å². The molecular formula is C18H26N6O2. The van der Waals surface area contributed by atoms with Gasteiger partial charge in [0.1, 0.15) is 11.5 Å². The Hall–Kier alpha value is -2.64. The molecule has 0 bridgehead atoms. The zero-order chi connectivity index (χ0) is 18.8. The SMILES string of the molecule is Cc1nc([C@@H]2C[C@H](NC(=O)CC(C)C)CN2C(=O)c2cccn2C)n[nH]1. The van der Waals surface area contributed by atoms with Crippen LogP contribution in [0.5, 0.6) is 0 Å². The van der Waals surface area contributed by atoms with E-state index < -0.39 is 0 Å². The van der Waals surface area contributed by atoms with Crippen LogP contribution in [0.3, 0.4) is 0 Å². The summed E-state index contributed by atoms with van der Waals surface area (Å²) in [6, 6.07) is 3.28. The van der Waals surface area contributed by atoms with E-state index in [9.17, 15) is 9.59 Å². The lowest BCUT2D eigenvalue weighted by molar-refractivity contribution is -0.122. The molecule has 1 aliphatic heterocycles. The van der Waals surface area contributed by atoms with E-state index in [1.807, 2.05) is 40.1 Å². The fourth-order valence-corrected chi connectivity index (χ4v) is 3.41.